The lowest BCUT2D eigenvalue weighted by atomic mass is 9.96. The van der Waals surface area contributed by atoms with Gasteiger partial charge in [-0.15, -0.1) is 0 Å². The van der Waals surface area contributed by atoms with Gasteiger partial charge in [-0.1, -0.05) is 6.07 Å². The van der Waals surface area contributed by atoms with Crippen molar-refractivity contribution >= 4 is 22.7 Å². The summed E-state index contributed by atoms with van der Waals surface area (Å²) >= 11 is 0. The van der Waals surface area contributed by atoms with E-state index < -0.39 is 5.82 Å². The molecule has 0 spiro atoms. The molecule has 3 atom stereocenters. The van der Waals surface area contributed by atoms with Gasteiger partial charge in [0, 0.05) is 41.6 Å². The van der Waals surface area contributed by atoms with E-state index in [1.165, 1.54) is 12.3 Å². The third-order valence-corrected chi connectivity index (χ3v) is 6.07. The van der Waals surface area contributed by atoms with E-state index in [1.807, 2.05) is 35.4 Å². The molecule has 2 saturated heterocycles. The summed E-state index contributed by atoms with van der Waals surface area (Å²) in [6.07, 6.45) is 7.60. The van der Waals surface area contributed by atoms with E-state index in [1.54, 1.807) is 0 Å². The Kier molecular flexibility index (Phi) is 4.30. The molecule has 7 heteroatoms. The van der Waals surface area contributed by atoms with Crippen LogP contribution in [0.15, 0.2) is 48.9 Å². The van der Waals surface area contributed by atoms with Crippen molar-refractivity contribution in [2.24, 2.45) is 0 Å². The molecule has 1 aromatic carbocycles. The standard InChI is InChI=1S/C22H21FN4O2/c23-16-7-15(11-24-12-16)21(28)26-17-9-18-3-4-19(10-17)27(18)22(29)14-2-1-13-5-6-25-20(13)8-14/h1-2,5-8,11-12,17-19,25H,3-4,9-10H2,(H,26,28)/t17?,18-,19+. The zero-order valence-electron chi connectivity index (χ0n) is 15.8. The zero-order chi connectivity index (χ0) is 20.0. The maximum absolute atomic E-state index is 13.3. The highest BCUT2D eigenvalue weighted by atomic mass is 19.1. The first-order valence-electron chi connectivity index (χ1n) is 9.90. The highest BCUT2D eigenvalue weighted by molar-refractivity contribution is 5.98. The van der Waals surface area contributed by atoms with Gasteiger partial charge in [0.05, 0.1) is 11.8 Å². The first-order chi connectivity index (χ1) is 14.1. The van der Waals surface area contributed by atoms with Gasteiger partial charge >= 0.3 is 0 Å². The van der Waals surface area contributed by atoms with E-state index in [0.29, 0.717) is 18.4 Å². The quantitative estimate of drug-likeness (QED) is 0.718. The fourth-order valence-electron chi connectivity index (χ4n) is 4.76. The summed E-state index contributed by atoms with van der Waals surface area (Å²) in [7, 11) is 0. The number of hydrogen-bond donors (Lipinski definition) is 2. The van der Waals surface area contributed by atoms with Crippen LogP contribution in [0.3, 0.4) is 0 Å². The smallest absolute Gasteiger partial charge is 0.254 e. The molecule has 2 aliphatic heterocycles. The Balaban J connectivity index is 1.29. The summed E-state index contributed by atoms with van der Waals surface area (Å²) in [5.41, 5.74) is 1.86. The van der Waals surface area contributed by atoms with Gasteiger partial charge in [0.15, 0.2) is 0 Å². The number of rotatable bonds is 3. The Morgan fingerprint density at radius 3 is 2.62 bits per heavy atom. The van der Waals surface area contributed by atoms with Gasteiger partial charge < -0.3 is 15.2 Å². The van der Waals surface area contributed by atoms with E-state index in [0.717, 1.165) is 29.9 Å². The first kappa shape index (κ1) is 17.8. The number of H-pyrrole nitrogens is 1. The van der Waals surface area contributed by atoms with Gasteiger partial charge in [0.2, 0.25) is 0 Å². The Morgan fingerprint density at radius 1 is 1.07 bits per heavy atom. The summed E-state index contributed by atoms with van der Waals surface area (Å²) < 4.78 is 13.3. The lowest BCUT2D eigenvalue weighted by Crippen LogP contribution is -2.52. The Morgan fingerprint density at radius 2 is 1.86 bits per heavy atom. The second-order valence-electron chi connectivity index (χ2n) is 7.91. The number of fused-ring (bicyclic) bond motifs is 3. The molecule has 4 heterocycles. The summed E-state index contributed by atoms with van der Waals surface area (Å²) in [5, 5.41) is 4.08. The van der Waals surface area contributed by atoms with E-state index in [-0.39, 0.29) is 35.5 Å². The zero-order valence-corrected chi connectivity index (χ0v) is 15.8. The third-order valence-electron chi connectivity index (χ3n) is 6.07. The summed E-state index contributed by atoms with van der Waals surface area (Å²) in [6.45, 7) is 0. The predicted octanol–water partition coefficient (Wildman–Crippen LogP) is 3.27. The number of pyridine rings is 1. The number of nitrogens with one attached hydrogen (secondary N) is 2. The molecule has 2 N–H and O–H groups in total. The van der Waals surface area contributed by atoms with Crippen LogP contribution in [0, 0.1) is 5.82 Å². The van der Waals surface area contributed by atoms with Crippen LogP contribution in [-0.2, 0) is 0 Å². The molecule has 5 rings (SSSR count). The normalized spacial score (nSPS) is 23.3. The van der Waals surface area contributed by atoms with Gasteiger partial charge in [-0.05, 0) is 55.3 Å². The number of halogens is 1. The van der Waals surface area contributed by atoms with Gasteiger partial charge in [-0.2, -0.15) is 0 Å². The molecule has 2 aromatic heterocycles. The largest absolute Gasteiger partial charge is 0.361 e. The monoisotopic (exact) mass is 392 g/mol. The molecule has 0 aliphatic carbocycles. The van der Waals surface area contributed by atoms with Crippen LogP contribution in [-0.4, -0.2) is 44.8 Å². The van der Waals surface area contributed by atoms with Crippen molar-refractivity contribution in [3.05, 3.63) is 65.9 Å². The van der Waals surface area contributed by atoms with Crippen LogP contribution in [0.5, 0.6) is 0 Å². The molecule has 0 saturated carbocycles. The molecule has 2 bridgehead atoms. The van der Waals surface area contributed by atoms with Crippen LogP contribution in [0.25, 0.3) is 10.9 Å². The minimum Gasteiger partial charge on any atom is -0.361 e. The minimum absolute atomic E-state index is 0.0294. The maximum atomic E-state index is 13.3. The summed E-state index contributed by atoms with van der Waals surface area (Å²) in [6, 6.07) is 9.10. The fraction of sp³-hybridized carbons (Fsp3) is 0.318. The van der Waals surface area contributed by atoms with E-state index in [4.69, 9.17) is 0 Å². The summed E-state index contributed by atoms with van der Waals surface area (Å²) in [5.74, 6) is -0.802. The average Bonchev–Trinajstić information content (AvgIpc) is 3.29. The number of aromatic nitrogens is 2. The fourth-order valence-corrected chi connectivity index (χ4v) is 4.76. The van der Waals surface area contributed by atoms with Crippen molar-refractivity contribution in [2.45, 2.75) is 43.8 Å². The second-order valence-corrected chi connectivity index (χ2v) is 7.91. The molecular weight excluding hydrogens is 371 g/mol. The highest BCUT2D eigenvalue weighted by Crippen LogP contribution is 2.37. The van der Waals surface area contributed by atoms with Crippen molar-refractivity contribution in [3.63, 3.8) is 0 Å². The van der Waals surface area contributed by atoms with Crippen LogP contribution >= 0.6 is 0 Å². The number of aromatic amines is 1. The Bertz CT molecular complexity index is 1080. The molecule has 2 amide bonds. The molecule has 1 unspecified atom stereocenters. The predicted molar refractivity (Wildman–Crippen MR) is 106 cm³/mol. The van der Waals surface area contributed by atoms with Crippen molar-refractivity contribution < 1.29 is 14.0 Å². The van der Waals surface area contributed by atoms with Crippen molar-refractivity contribution in [1.82, 2.24) is 20.2 Å². The van der Waals surface area contributed by atoms with Crippen molar-refractivity contribution in [2.75, 3.05) is 0 Å². The number of carbonyl (C=O) groups is 2. The van der Waals surface area contributed by atoms with Crippen LogP contribution < -0.4 is 5.32 Å². The van der Waals surface area contributed by atoms with Gasteiger partial charge in [-0.25, -0.2) is 4.39 Å². The first-order valence-corrected chi connectivity index (χ1v) is 9.90. The van der Waals surface area contributed by atoms with Gasteiger partial charge in [0.1, 0.15) is 5.82 Å². The molecule has 2 fully saturated rings. The van der Waals surface area contributed by atoms with Crippen LogP contribution in [0.4, 0.5) is 4.39 Å². The summed E-state index contributed by atoms with van der Waals surface area (Å²) in [4.78, 5) is 34.5. The van der Waals surface area contributed by atoms with Gasteiger partial charge in [-0.3, -0.25) is 14.6 Å². The van der Waals surface area contributed by atoms with Crippen LogP contribution in [0.2, 0.25) is 0 Å². The number of amides is 2. The molecule has 0 radical (unpaired) electrons. The van der Waals surface area contributed by atoms with Crippen LogP contribution in [0.1, 0.15) is 46.4 Å². The second kappa shape index (κ2) is 6.99. The maximum Gasteiger partial charge on any atom is 0.254 e. The lowest BCUT2D eigenvalue weighted by molar-refractivity contribution is 0.0549. The van der Waals surface area contributed by atoms with Crippen molar-refractivity contribution in [3.8, 4) is 0 Å². The lowest BCUT2D eigenvalue weighted by Gasteiger charge is -2.39. The minimum atomic E-state index is -0.530. The van der Waals surface area contributed by atoms with E-state index in [2.05, 4.69) is 15.3 Å². The molecule has 6 nitrogen and oxygen atoms in total. The number of benzene rings is 1. The molecule has 29 heavy (non-hydrogen) atoms. The average molecular weight is 392 g/mol. The van der Waals surface area contributed by atoms with Gasteiger partial charge in [0.25, 0.3) is 11.8 Å². The van der Waals surface area contributed by atoms with Crippen molar-refractivity contribution in [1.29, 1.82) is 0 Å². The van der Waals surface area contributed by atoms with E-state index >= 15 is 0 Å². The third kappa shape index (κ3) is 3.26. The molecule has 148 valence electrons. The molecular formula is C22H21FN4O2. The number of hydrogen-bond acceptors (Lipinski definition) is 3. The Hall–Kier alpha value is -3.22. The number of piperidine rings is 1. The van der Waals surface area contributed by atoms with E-state index in [9.17, 15) is 14.0 Å². The SMILES string of the molecule is O=C(NC1C[C@H]2CC[C@@H](C1)N2C(=O)c1ccc2cc[nH]c2c1)c1cncc(F)c1. The number of nitrogens with zero attached hydrogens (tertiary/aromatic N) is 2. The topological polar surface area (TPSA) is 78.1 Å². The Labute approximate surface area is 167 Å². The number of carbonyl (C=O) groups excluding carboxylic acids is 2. The molecule has 2 aliphatic rings. The highest BCUT2D eigenvalue weighted by Gasteiger charge is 2.43. The molecule has 3 aromatic rings.